The molecule has 12 heavy (non-hydrogen) atoms. The van der Waals surface area contributed by atoms with Crippen molar-refractivity contribution < 1.29 is 13.7 Å². The Bertz CT molecular complexity index is 168. The maximum atomic E-state index is 10.8. The molecule has 0 saturated carbocycles. The van der Waals surface area contributed by atoms with Gasteiger partial charge in [-0.05, 0) is 6.92 Å². The number of ether oxygens (including phenoxy) is 2. The van der Waals surface area contributed by atoms with Gasteiger partial charge in [0, 0.05) is 19.6 Å². The summed E-state index contributed by atoms with van der Waals surface area (Å²) in [7, 11) is -1.30. The SMILES string of the molecule is CCOC1(CS(N)=O)CCOC1. The van der Waals surface area contributed by atoms with Crippen molar-refractivity contribution in [3.63, 3.8) is 0 Å². The quantitative estimate of drug-likeness (QED) is 0.673. The summed E-state index contributed by atoms with van der Waals surface area (Å²) in [5.74, 6) is 0.376. The van der Waals surface area contributed by atoms with Gasteiger partial charge in [-0.15, -0.1) is 0 Å². The van der Waals surface area contributed by atoms with Gasteiger partial charge in [0.05, 0.1) is 23.3 Å². The van der Waals surface area contributed by atoms with E-state index in [4.69, 9.17) is 14.6 Å². The van der Waals surface area contributed by atoms with Gasteiger partial charge >= 0.3 is 0 Å². The predicted octanol–water partition coefficient (Wildman–Crippen LogP) is -0.196. The topological polar surface area (TPSA) is 61.5 Å². The molecule has 72 valence electrons. The molecule has 1 fully saturated rings. The largest absolute Gasteiger partial charge is 0.378 e. The first kappa shape index (κ1) is 10.1. The lowest BCUT2D eigenvalue weighted by Gasteiger charge is -2.25. The summed E-state index contributed by atoms with van der Waals surface area (Å²) in [6, 6.07) is 0. The van der Waals surface area contributed by atoms with Crippen molar-refractivity contribution >= 4 is 11.0 Å². The number of hydrogen-bond acceptors (Lipinski definition) is 3. The van der Waals surface area contributed by atoms with E-state index < -0.39 is 11.0 Å². The molecule has 0 aromatic rings. The molecule has 1 aliphatic heterocycles. The lowest BCUT2D eigenvalue weighted by atomic mass is 10.1. The zero-order valence-corrected chi connectivity index (χ0v) is 8.06. The molecule has 0 amide bonds. The highest BCUT2D eigenvalue weighted by atomic mass is 32.2. The van der Waals surface area contributed by atoms with Crippen molar-refractivity contribution in [2.45, 2.75) is 18.9 Å². The molecule has 1 saturated heterocycles. The Kier molecular flexibility index (Phi) is 3.64. The van der Waals surface area contributed by atoms with Crippen LogP contribution in [0, 0.1) is 0 Å². The van der Waals surface area contributed by atoms with Crippen molar-refractivity contribution in [2.75, 3.05) is 25.6 Å². The second kappa shape index (κ2) is 4.32. The Morgan fingerprint density at radius 1 is 1.75 bits per heavy atom. The maximum absolute atomic E-state index is 10.8. The second-order valence-corrected chi connectivity index (χ2v) is 3.99. The van der Waals surface area contributed by atoms with Crippen molar-refractivity contribution in [1.29, 1.82) is 0 Å². The van der Waals surface area contributed by atoms with Gasteiger partial charge in [0.15, 0.2) is 0 Å². The third-order valence-electron chi connectivity index (χ3n) is 1.92. The third kappa shape index (κ3) is 2.52. The van der Waals surface area contributed by atoms with Crippen LogP contribution in [-0.4, -0.2) is 35.4 Å². The first-order chi connectivity index (χ1) is 5.68. The molecule has 0 aromatic heterocycles. The summed E-state index contributed by atoms with van der Waals surface area (Å²) in [6.07, 6.45) is 0.795. The molecule has 1 rings (SSSR count). The van der Waals surface area contributed by atoms with Gasteiger partial charge in [-0.1, -0.05) is 0 Å². The average Bonchev–Trinajstić information content (AvgIpc) is 2.36. The van der Waals surface area contributed by atoms with Crippen LogP contribution in [-0.2, 0) is 20.5 Å². The minimum atomic E-state index is -1.30. The lowest BCUT2D eigenvalue weighted by Crippen LogP contribution is -2.40. The average molecular weight is 193 g/mol. The molecule has 0 bridgehead atoms. The Hall–Kier alpha value is 0.0300. The Labute approximate surface area is 75.0 Å². The molecule has 0 radical (unpaired) electrons. The number of rotatable bonds is 4. The monoisotopic (exact) mass is 193 g/mol. The van der Waals surface area contributed by atoms with E-state index in [0.717, 1.165) is 6.42 Å². The Morgan fingerprint density at radius 2 is 2.50 bits per heavy atom. The highest BCUT2D eigenvalue weighted by molar-refractivity contribution is 7.82. The fraction of sp³-hybridized carbons (Fsp3) is 1.00. The van der Waals surface area contributed by atoms with E-state index in [0.29, 0.717) is 25.6 Å². The summed E-state index contributed by atoms with van der Waals surface area (Å²) >= 11 is 0. The van der Waals surface area contributed by atoms with E-state index in [1.807, 2.05) is 6.92 Å². The van der Waals surface area contributed by atoms with Crippen LogP contribution in [0.2, 0.25) is 0 Å². The molecule has 1 heterocycles. The smallest absolute Gasteiger partial charge is 0.106 e. The van der Waals surface area contributed by atoms with E-state index in [9.17, 15) is 4.21 Å². The van der Waals surface area contributed by atoms with Crippen molar-refractivity contribution in [2.24, 2.45) is 5.14 Å². The molecule has 2 atom stereocenters. The first-order valence-corrected chi connectivity index (χ1v) is 5.41. The molecule has 5 heteroatoms. The third-order valence-corrected chi connectivity index (χ3v) is 2.73. The summed E-state index contributed by atoms with van der Waals surface area (Å²) in [5.41, 5.74) is -0.381. The second-order valence-electron chi connectivity index (χ2n) is 2.94. The zero-order valence-electron chi connectivity index (χ0n) is 7.25. The summed E-state index contributed by atoms with van der Waals surface area (Å²) in [4.78, 5) is 0. The van der Waals surface area contributed by atoms with Gasteiger partial charge in [-0.3, -0.25) is 5.14 Å². The van der Waals surface area contributed by atoms with Crippen molar-refractivity contribution in [3.8, 4) is 0 Å². The fourth-order valence-corrected chi connectivity index (χ4v) is 2.25. The summed E-state index contributed by atoms with van der Waals surface area (Å²) < 4.78 is 21.5. The zero-order chi connectivity index (χ0) is 9.03. The molecular formula is C7H15NO3S. The molecule has 0 aliphatic carbocycles. The molecule has 0 spiro atoms. The standard InChI is InChI=1S/C7H15NO3S/c1-2-11-7(6-12(8)9)3-4-10-5-7/h2-6,8H2,1H3. The lowest BCUT2D eigenvalue weighted by molar-refractivity contribution is -0.0261. The van der Waals surface area contributed by atoms with Crippen LogP contribution in [0.5, 0.6) is 0 Å². The van der Waals surface area contributed by atoms with Crippen LogP contribution in [0.25, 0.3) is 0 Å². The molecule has 4 nitrogen and oxygen atoms in total. The van der Waals surface area contributed by atoms with Gasteiger partial charge in [-0.2, -0.15) is 0 Å². The van der Waals surface area contributed by atoms with Gasteiger partial charge in [0.1, 0.15) is 5.60 Å². The minimum absolute atomic E-state index is 0.376. The van der Waals surface area contributed by atoms with Crippen LogP contribution in [0.15, 0.2) is 0 Å². The minimum Gasteiger partial charge on any atom is -0.378 e. The predicted molar refractivity (Wildman–Crippen MR) is 47.0 cm³/mol. The molecule has 2 N–H and O–H groups in total. The highest BCUT2D eigenvalue weighted by Crippen LogP contribution is 2.23. The number of nitrogens with two attached hydrogens (primary N) is 1. The molecular weight excluding hydrogens is 178 g/mol. The van der Waals surface area contributed by atoms with E-state index in [2.05, 4.69) is 0 Å². The Morgan fingerprint density at radius 3 is 2.92 bits per heavy atom. The van der Waals surface area contributed by atoms with Crippen molar-refractivity contribution in [1.82, 2.24) is 0 Å². The normalized spacial score (nSPS) is 32.2. The van der Waals surface area contributed by atoms with Gasteiger partial charge in [-0.25, -0.2) is 4.21 Å². The van der Waals surface area contributed by atoms with E-state index in [-0.39, 0.29) is 5.60 Å². The first-order valence-electron chi connectivity index (χ1n) is 4.03. The van der Waals surface area contributed by atoms with E-state index in [1.54, 1.807) is 0 Å². The molecule has 0 aromatic carbocycles. The fourth-order valence-electron chi connectivity index (χ4n) is 1.42. The summed E-state index contributed by atoms with van der Waals surface area (Å²) in [5, 5.41) is 5.22. The van der Waals surface area contributed by atoms with Crippen LogP contribution in [0.3, 0.4) is 0 Å². The highest BCUT2D eigenvalue weighted by Gasteiger charge is 2.36. The van der Waals surface area contributed by atoms with Gasteiger partial charge in [0.2, 0.25) is 0 Å². The van der Waals surface area contributed by atoms with Gasteiger partial charge < -0.3 is 9.47 Å². The van der Waals surface area contributed by atoms with Gasteiger partial charge in [0.25, 0.3) is 0 Å². The summed E-state index contributed by atoms with van der Waals surface area (Å²) in [6.45, 7) is 3.72. The van der Waals surface area contributed by atoms with Crippen LogP contribution in [0.4, 0.5) is 0 Å². The van der Waals surface area contributed by atoms with Crippen LogP contribution in [0.1, 0.15) is 13.3 Å². The van der Waals surface area contributed by atoms with E-state index in [1.165, 1.54) is 0 Å². The van der Waals surface area contributed by atoms with E-state index >= 15 is 0 Å². The van der Waals surface area contributed by atoms with Crippen LogP contribution < -0.4 is 5.14 Å². The molecule has 2 unspecified atom stereocenters. The maximum Gasteiger partial charge on any atom is 0.106 e. The number of hydrogen-bond donors (Lipinski definition) is 1. The molecule has 1 aliphatic rings. The Balaban J connectivity index is 2.52. The van der Waals surface area contributed by atoms with Crippen molar-refractivity contribution in [3.05, 3.63) is 0 Å². The van der Waals surface area contributed by atoms with Crippen LogP contribution >= 0.6 is 0 Å².